The van der Waals surface area contributed by atoms with Gasteiger partial charge in [0.25, 0.3) is 0 Å². The van der Waals surface area contributed by atoms with Crippen molar-refractivity contribution < 1.29 is 13.2 Å². The summed E-state index contributed by atoms with van der Waals surface area (Å²) >= 11 is 0. The number of benzene rings is 1. The Kier molecular flexibility index (Phi) is 8.74. The number of para-hydroxylation sites is 1. The van der Waals surface area contributed by atoms with E-state index < -0.39 is 15.6 Å². The summed E-state index contributed by atoms with van der Waals surface area (Å²) in [6, 6.07) is 8.30. The van der Waals surface area contributed by atoms with Gasteiger partial charge in [-0.1, -0.05) is 18.2 Å². The van der Waals surface area contributed by atoms with E-state index in [4.69, 9.17) is 0 Å². The fraction of sp³-hybridized carbons (Fsp3) is 0.619. The van der Waals surface area contributed by atoms with Crippen LogP contribution >= 0.6 is 24.0 Å². The van der Waals surface area contributed by atoms with Crippen molar-refractivity contribution in [2.24, 2.45) is 4.99 Å². The third-order valence-corrected chi connectivity index (χ3v) is 6.53. The van der Waals surface area contributed by atoms with Crippen molar-refractivity contribution >= 4 is 51.6 Å². The summed E-state index contributed by atoms with van der Waals surface area (Å²) in [5, 5.41) is 3.32. The van der Waals surface area contributed by atoms with Gasteiger partial charge < -0.3 is 15.1 Å². The first-order chi connectivity index (χ1) is 14.1. The summed E-state index contributed by atoms with van der Waals surface area (Å²) in [6.07, 6.45) is 3.70. The van der Waals surface area contributed by atoms with Crippen LogP contribution in [0.2, 0.25) is 0 Å². The molecular weight excluding hydrogens is 529 g/mol. The number of guanidine groups is 1. The molecular formula is C21H34IN5O3S. The van der Waals surface area contributed by atoms with Gasteiger partial charge in [0.15, 0.2) is 5.96 Å². The summed E-state index contributed by atoms with van der Waals surface area (Å²) in [5.74, 6) is 1.29. The molecule has 0 aliphatic carbocycles. The summed E-state index contributed by atoms with van der Waals surface area (Å²) in [6.45, 7) is 6.50. The van der Waals surface area contributed by atoms with E-state index >= 15 is 0 Å². The number of amides is 1. The summed E-state index contributed by atoms with van der Waals surface area (Å²) in [5.41, 5.74) is 1.72. The van der Waals surface area contributed by atoms with Crippen molar-refractivity contribution in [3.63, 3.8) is 0 Å². The van der Waals surface area contributed by atoms with Crippen LogP contribution in [0.1, 0.15) is 44.6 Å². The highest BCUT2D eigenvalue weighted by atomic mass is 127. The van der Waals surface area contributed by atoms with Gasteiger partial charge in [-0.2, -0.15) is 0 Å². The van der Waals surface area contributed by atoms with Crippen LogP contribution in [0, 0.1) is 0 Å². The topological polar surface area (TPSA) is 94.1 Å². The van der Waals surface area contributed by atoms with E-state index in [0.29, 0.717) is 24.8 Å². The number of anilines is 1. The van der Waals surface area contributed by atoms with Crippen molar-refractivity contribution in [1.29, 1.82) is 0 Å². The number of hydrogen-bond donors (Lipinski definition) is 2. The number of aliphatic imine (C=N–C) groups is 1. The standard InChI is InChI=1S/C21H33N5O3S.HI/c1-21(2,24-30(4,28)29)15-23-20(22-3)26-14-16(17-8-5-6-9-18(17)26)11-13-25-12-7-10-19(25)27;/h5-6,8-9,16,24H,7,10-15H2,1-4H3,(H,22,23);1H. The minimum Gasteiger partial charge on any atom is -0.354 e. The summed E-state index contributed by atoms with van der Waals surface area (Å²) in [4.78, 5) is 20.5. The van der Waals surface area contributed by atoms with Crippen LogP contribution in [-0.2, 0) is 14.8 Å². The number of halogens is 1. The molecule has 1 atom stereocenters. The normalized spacial score (nSPS) is 19.4. The Bertz CT molecular complexity index is 919. The summed E-state index contributed by atoms with van der Waals surface area (Å²) < 4.78 is 25.9. The van der Waals surface area contributed by atoms with Crippen LogP contribution in [0.15, 0.2) is 29.3 Å². The molecule has 1 aromatic rings. The second-order valence-corrected chi connectivity index (χ2v) is 10.5. The molecule has 2 aliphatic heterocycles. The molecule has 174 valence electrons. The minimum absolute atomic E-state index is 0. The lowest BCUT2D eigenvalue weighted by atomic mass is 9.98. The van der Waals surface area contributed by atoms with E-state index in [1.165, 1.54) is 5.56 Å². The first-order valence-electron chi connectivity index (χ1n) is 10.4. The number of rotatable bonds is 7. The van der Waals surface area contributed by atoms with E-state index in [0.717, 1.165) is 44.4 Å². The van der Waals surface area contributed by atoms with Crippen molar-refractivity contribution in [3.05, 3.63) is 29.8 Å². The van der Waals surface area contributed by atoms with Gasteiger partial charge >= 0.3 is 0 Å². The van der Waals surface area contributed by atoms with Crippen molar-refractivity contribution in [2.75, 3.05) is 44.4 Å². The maximum absolute atomic E-state index is 12.0. The highest BCUT2D eigenvalue weighted by Crippen LogP contribution is 2.38. The molecule has 2 aliphatic rings. The molecule has 0 spiro atoms. The lowest BCUT2D eigenvalue weighted by Crippen LogP contribution is -2.53. The Hall–Kier alpha value is -1.40. The number of likely N-dealkylation sites (tertiary alicyclic amines) is 1. The quantitative estimate of drug-likeness (QED) is 0.301. The molecule has 3 rings (SSSR count). The highest BCUT2D eigenvalue weighted by molar-refractivity contribution is 14.0. The van der Waals surface area contributed by atoms with E-state index in [1.807, 2.05) is 30.9 Å². The number of carbonyl (C=O) groups is 1. The Morgan fingerprint density at radius 2 is 2.00 bits per heavy atom. The van der Waals surface area contributed by atoms with E-state index in [2.05, 4.69) is 32.1 Å². The first kappa shape index (κ1) is 25.9. The van der Waals surface area contributed by atoms with Crippen LogP contribution in [0.25, 0.3) is 0 Å². The molecule has 0 saturated carbocycles. The second kappa shape index (κ2) is 10.5. The average Bonchev–Trinajstić information content (AvgIpc) is 3.22. The molecule has 10 heteroatoms. The smallest absolute Gasteiger partial charge is 0.222 e. The van der Waals surface area contributed by atoms with Crippen molar-refractivity contribution in [3.8, 4) is 0 Å². The number of carbonyl (C=O) groups excluding carboxylic acids is 1. The minimum atomic E-state index is -3.31. The molecule has 8 nitrogen and oxygen atoms in total. The van der Waals surface area contributed by atoms with E-state index in [9.17, 15) is 13.2 Å². The van der Waals surface area contributed by atoms with Gasteiger partial charge in [0.05, 0.1) is 6.26 Å². The summed E-state index contributed by atoms with van der Waals surface area (Å²) in [7, 11) is -1.57. The zero-order chi connectivity index (χ0) is 21.9. The van der Waals surface area contributed by atoms with Crippen LogP contribution in [0.5, 0.6) is 0 Å². The number of fused-ring (bicyclic) bond motifs is 1. The lowest BCUT2D eigenvalue weighted by Gasteiger charge is -2.29. The van der Waals surface area contributed by atoms with E-state index in [-0.39, 0.29) is 29.9 Å². The number of hydrogen-bond acceptors (Lipinski definition) is 4. The Balaban J connectivity index is 0.00000341. The lowest BCUT2D eigenvalue weighted by molar-refractivity contribution is -0.127. The molecule has 0 aromatic heterocycles. The first-order valence-corrected chi connectivity index (χ1v) is 12.3. The maximum Gasteiger partial charge on any atom is 0.222 e. The molecule has 0 bridgehead atoms. The maximum atomic E-state index is 12.0. The fourth-order valence-corrected chi connectivity index (χ4v) is 5.40. The van der Waals surface area contributed by atoms with Crippen LogP contribution in [0.3, 0.4) is 0 Å². The molecule has 0 radical (unpaired) electrons. The Labute approximate surface area is 202 Å². The molecule has 1 aromatic carbocycles. The Morgan fingerprint density at radius 1 is 1.29 bits per heavy atom. The van der Waals surface area contributed by atoms with Gasteiger partial charge in [0.1, 0.15) is 0 Å². The number of nitrogens with one attached hydrogen (secondary N) is 2. The fourth-order valence-electron chi connectivity index (χ4n) is 4.33. The van der Waals surface area contributed by atoms with Gasteiger partial charge in [-0.15, -0.1) is 24.0 Å². The van der Waals surface area contributed by atoms with Crippen molar-refractivity contribution in [1.82, 2.24) is 14.9 Å². The monoisotopic (exact) mass is 563 g/mol. The second-order valence-electron chi connectivity index (χ2n) is 8.80. The molecule has 1 unspecified atom stereocenters. The van der Waals surface area contributed by atoms with Gasteiger partial charge in [0, 0.05) is 56.8 Å². The molecule has 31 heavy (non-hydrogen) atoms. The Morgan fingerprint density at radius 3 is 2.61 bits per heavy atom. The van der Waals surface area contributed by atoms with Gasteiger partial charge in [-0.3, -0.25) is 9.79 Å². The molecule has 2 heterocycles. The van der Waals surface area contributed by atoms with Crippen molar-refractivity contribution in [2.45, 2.75) is 44.6 Å². The van der Waals surface area contributed by atoms with Crippen LogP contribution in [-0.4, -0.2) is 70.2 Å². The molecule has 1 saturated heterocycles. The van der Waals surface area contributed by atoms with E-state index in [1.54, 1.807) is 7.05 Å². The zero-order valence-corrected chi connectivity index (χ0v) is 21.9. The predicted octanol–water partition coefficient (Wildman–Crippen LogP) is 2.12. The SMILES string of the molecule is CN=C(NCC(C)(C)NS(C)(=O)=O)N1CC(CCN2CCCC2=O)c2ccccc21.I. The average molecular weight is 564 g/mol. The van der Waals surface area contributed by atoms with Gasteiger partial charge in [-0.25, -0.2) is 13.1 Å². The van der Waals surface area contributed by atoms with Crippen LogP contribution < -0.4 is 14.9 Å². The molecule has 1 fully saturated rings. The molecule has 1 amide bonds. The van der Waals surface area contributed by atoms with Gasteiger partial charge in [0.2, 0.25) is 15.9 Å². The third kappa shape index (κ3) is 6.79. The largest absolute Gasteiger partial charge is 0.354 e. The number of sulfonamides is 1. The third-order valence-electron chi connectivity index (χ3n) is 5.61. The van der Waals surface area contributed by atoms with Gasteiger partial charge in [-0.05, 0) is 38.3 Å². The van der Waals surface area contributed by atoms with Crippen LogP contribution in [0.4, 0.5) is 5.69 Å². The predicted molar refractivity (Wildman–Crippen MR) is 136 cm³/mol. The highest BCUT2D eigenvalue weighted by Gasteiger charge is 2.33. The number of nitrogens with zero attached hydrogens (tertiary/aromatic N) is 3. The zero-order valence-electron chi connectivity index (χ0n) is 18.7. The molecule has 2 N–H and O–H groups in total.